The molecule has 0 aromatic carbocycles. The lowest BCUT2D eigenvalue weighted by Crippen LogP contribution is -2.25. The Labute approximate surface area is 65.7 Å². The Morgan fingerprint density at radius 1 is 1.55 bits per heavy atom. The molecule has 2 fully saturated rings. The summed E-state index contributed by atoms with van der Waals surface area (Å²) in [6.45, 7) is 1.23. The van der Waals surface area contributed by atoms with Gasteiger partial charge in [0.2, 0.25) is 0 Å². The number of epoxide rings is 1. The molecule has 3 heteroatoms. The van der Waals surface area contributed by atoms with Crippen molar-refractivity contribution in [3.8, 4) is 0 Å². The van der Waals surface area contributed by atoms with E-state index in [9.17, 15) is 4.79 Å². The van der Waals surface area contributed by atoms with Crippen molar-refractivity contribution < 1.29 is 14.3 Å². The van der Waals surface area contributed by atoms with Crippen molar-refractivity contribution in [1.82, 2.24) is 0 Å². The van der Waals surface area contributed by atoms with E-state index in [4.69, 9.17) is 9.47 Å². The van der Waals surface area contributed by atoms with Gasteiger partial charge >= 0.3 is 5.97 Å². The van der Waals surface area contributed by atoms with Gasteiger partial charge in [0.15, 0.2) is 0 Å². The highest BCUT2D eigenvalue weighted by atomic mass is 16.6. The van der Waals surface area contributed by atoms with E-state index >= 15 is 0 Å². The molecule has 1 aliphatic carbocycles. The molecule has 1 heterocycles. The molecule has 1 atom stereocenters. The van der Waals surface area contributed by atoms with Gasteiger partial charge in [-0.2, -0.15) is 0 Å². The van der Waals surface area contributed by atoms with Crippen molar-refractivity contribution in [3.63, 3.8) is 0 Å². The Morgan fingerprint density at radius 2 is 2.27 bits per heavy atom. The van der Waals surface area contributed by atoms with Crippen molar-refractivity contribution in [1.29, 1.82) is 0 Å². The summed E-state index contributed by atoms with van der Waals surface area (Å²) < 4.78 is 9.92. The van der Waals surface area contributed by atoms with Crippen LogP contribution in [0.2, 0.25) is 0 Å². The van der Waals surface area contributed by atoms with Gasteiger partial charge in [-0.05, 0) is 12.8 Å². The van der Waals surface area contributed by atoms with Crippen LogP contribution in [0.5, 0.6) is 0 Å². The van der Waals surface area contributed by atoms with Crippen LogP contribution in [0.15, 0.2) is 0 Å². The molecule has 1 aliphatic heterocycles. The zero-order chi connectivity index (χ0) is 7.68. The number of hydrogen-bond acceptors (Lipinski definition) is 3. The third-order valence-corrected chi connectivity index (χ3v) is 2.25. The summed E-state index contributed by atoms with van der Waals surface area (Å²) in [7, 11) is 0. The van der Waals surface area contributed by atoms with Crippen LogP contribution in [0.1, 0.15) is 19.3 Å². The Balaban J connectivity index is 1.63. The SMILES string of the molecule is O=C(OCC1CO1)C1CCC1. The number of esters is 1. The number of carbonyl (C=O) groups is 1. The van der Waals surface area contributed by atoms with Crippen LogP contribution in [-0.2, 0) is 14.3 Å². The van der Waals surface area contributed by atoms with Gasteiger partial charge in [0.1, 0.15) is 12.7 Å². The summed E-state index contributed by atoms with van der Waals surface area (Å²) in [5.41, 5.74) is 0. The first-order valence-corrected chi connectivity index (χ1v) is 4.14. The molecule has 0 N–H and O–H groups in total. The summed E-state index contributed by atoms with van der Waals surface area (Å²) in [6.07, 6.45) is 3.42. The van der Waals surface area contributed by atoms with Gasteiger partial charge in [0, 0.05) is 0 Å². The lowest BCUT2D eigenvalue weighted by atomic mass is 9.86. The van der Waals surface area contributed by atoms with Crippen LogP contribution in [0, 0.1) is 5.92 Å². The highest BCUT2D eigenvalue weighted by molar-refractivity contribution is 5.73. The molecule has 1 saturated carbocycles. The van der Waals surface area contributed by atoms with Gasteiger partial charge in [0.25, 0.3) is 0 Å². The van der Waals surface area contributed by atoms with Crippen LogP contribution in [0.4, 0.5) is 0 Å². The summed E-state index contributed by atoms with van der Waals surface area (Å²) >= 11 is 0. The quantitative estimate of drug-likeness (QED) is 0.446. The first kappa shape index (κ1) is 7.10. The molecule has 1 saturated heterocycles. The topological polar surface area (TPSA) is 38.8 Å². The minimum absolute atomic E-state index is 0.0215. The fraction of sp³-hybridized carbons (Fsp3) is 0.875. The second-order valence-electron chi connectivity index (χ2n) is 3.21. The van der Waals surface area contributed by atoms with Gasteiger partial charge in [-0.15, -0.1) is 0 Å². The van der Waals surface area contributed by atoms with Gasteiger partial charge in [0.05, 0.1) is 12.5 Å². The number of ether oxygens (including phenoxy) is 2. The van der Waals surface area contributed by atoms with E-state index < -0.39 is 0 Å². The minimum Gasteiger partial charge on any atom is -0.463 e. The third kappa shape index (κ3) is 1.71. The van der Waals surface area contributed by atoms with Crippen LogP contribution >= 0.6 is 0 Å². The second kappa shape index (κ2) is 2.81. The zero-order valence-corrected chi connectivity index (χ0v) is 6.41. The molecule has 1 unspecified atom stereocenters. The van der Waals surface area contributed by atoms with Crippen LogP contribution in [0.25, 0.3) is 0 Å². The largest absolute Gasteiger partial charge is 0.463 e. The van der Waals surface area contributed by atoms with Crippen LogP contribution < -0.4 is 0 Å². The van der Waals surface area contributed by atoms with Crippen molar-refractivity contribution in [3.05, 3.63) is 0 Å². The van der Waals surface area contributed by atoms with Crippen molar-refractivity contribution >= 4 is 5.97 Å². The second-order valence-corrected chi connectivity index (χ2v) is 3.21. The first-order valence-electron chi connectivity index (χ1n) is 4.14. The van der Waals surface area contributed by atoms with E-state index in [0.717, 1.165) is 19.4 Å². The Bertz CT molecular complexity index is 159. The summed E-state index contributed by atoms with van der Waals surface area (Å²) in [5.74, 6) is 0.181. The average Bonchev–Trinajstić information content (AvgIpc) is 2.61. The lowest BCUT2D eigenvalue weighted by molar-refractivity contribution is -0.151. The van der Waals surface area contributed by atoms with Crippen molar-refractivity contribution in [2.45, 2.75) is 25.4 Å². The van der Waals surface area contributed by atoms with E-state index in [0.29, 0.717) is 6.61 Å². The van der Waals surface area contributed by atoms with E-state index in [1.54, 1.807) is 0 Å². The molecule has 2 rings (SSSR count). The number of rotatable bonds is 3. The maximum absolute atomic E-state index is 11.1. The summed E-state index contributed by atoms with van der Waals surface area (Å²) in [6, 6.07) is 0. The van der Waals surface area contributed by atoms with Gasteiger partial charge in [-0.1, -0.05) is 6.42 Å². The summed E-state index contributed by atoms with van der Waals surface area (Å²) in [5, 5.41) is 0. The molecule has 3 nitrogen and oxygen atoms in total. The number of hydrogen-bond donors (Lipinski definition) is 0. The van der Waals surface area contributed by atoms with Gasteiger partial charge in [-0.25, -0.2) is 0 Å². The maximum Gasteiger partial charge on any atom is 0.309 e. The first-order chi connectivity index (χ1) is 5.36. The fourth-order valence-electron chi connectivity index (χ4n) is 1.10. The highest BCUT2D eigenvalue weighted by Gasteiger charge is 2.29. The molecule has 0 spiro atoms. The normalized spacial score (nSPS) is 29.3. The molecule has 0 aromatic heterocycles. The van der Waals surface area contributed by atoms with E-state index in [-0.39, 0.29) is 18.0 Å². The third-order valence-electron chi connectivity index (χ3n) is 2.25. The average molecular weight is 156 g/mol. The monoisotopic (exact) mass is 156 g/mol. The van der Waals surface area contributed by atoms with Crippen LogP contribution in [0.3, 0.4) is 0 Å². The van der Waals surface area contributed by atoms with Crippen molar-refractivity contribution in [2.75, 3.05) is 13.2 Å². The van der Waals surface area contributed by atoms with Crippen LogP contribution in [-0.4, -0.2) is 25.3 Å². The number of carbonyl (C=O) groups excluding carboxylic acids is 1. The minimum atomic E-state index is -0.0215. The highest BCUT2D eigenvalue weighted by Crippen LogP contribution is 2.27. The molecule has 62 valence electrons. The Morgan fingerprint density at radius 3 is 2.73 bits per heavy atom. The molecule has 11 heavy (non-hydrogen) atoms. The predicted octanol–water partition coefficient (Wildman–Crippen LogP) is 0.729. The zero-order valence-electron chi connectivity index (χ0n) is 6.41. The smallest absolute Gasteiger partial charge is 0.309 e. The molecule has 0 amide bonds. The molecule has 0 aromatic rings. The van der Waals surface area contributed by atoms with Gasteiger partial charge < -0.3 is 9.47 Å². The lowest BCUT2D eigenvalue weighted by Gasteiger charge is -2.22. The Hall–Kier alpha value is -0.570. The Kier molecular flexibility index (Phi) is 1.82. The standard InChI is InChI=1S/C8H12O3/c9-8(6-2-1-3-6)11-5-7-4-10-7/h6-7H,1-5H2. The molecule has 0 bridgehead atoms. The summed E-state index contributed by atoms with van der Waals surface area (Å²) in [4.78, 5) is 11.1. The van der Waals surface area contributed by atoms with E-state index in [1.807, 2.05) is 0 Å². The molecule has 2 aliphatic rings. The molecular weight excluding hydrogens is 144 g/mol. The van der Waals surface area contributed by atoms with E-state index in [2.05, 4.69) is 0 Å². The van der Waals surface area contributed by atoms with Crippen molar-refractivity contribution in [2.24, 2.45) is 5.92 Å². The fourth-order valence-corrected chi connectivity index (χ4v) is 1.10. The maximum atomic E-state index is 11.1. The molecular formula is C8H12O3. The van der Waals surface area contributed by atoms with Gasteiger partial charge in [-0.3, -0.25) is 4.79 Å². The van der Waals surface area contributed by atoms with E-state index in [1.165, 1.54) is 6.42 Å². The predicted molar refractivity (Wildman–Crippen MR) is 38.0 cm³/mol. The molecule has 0 radical (unpaired) electrons.